The van der Waals surface area contributed by atoms with Crippen molar-refractivity contribution < 1.29 is 4.42 Å². The van der Waals surface area contributed by atoms with Crippen molar-refractivity contribution in [2.24, 2.45) is 0 Å². The first-order valence-electron chi connectivity index (χ1n) is 11.0. The number of benzene rings is 2. The van der Waals surface area contributed by atoms with Gasteiger partial charge in [0.25, 0.3) is 0 Å². The van der Waals surface area contributed by atoms with Gasteiger partial charge in [-0.2, -0.15) is 0 Å². The number of nitrogens with zero attached hydrogens (tertiary/aromatic N) is 6. The van der Waals surface area contributed by atoms with Crippen LogP contribution < -0.4 is 0 Å². The van der Waals surface area contributed by atoms with Crippen LogP contribution in [-0.4, -0.2) is 29.9 Å². The average molecular weight is 457 g/mol. The molecule has 0 spiro atoms. The molecule has 0 aliphatic heterocycles. The summed E-state index contributed by atoms with van der Waals surface area (Å²) >= 11 is 1.55. The summed E-state index contributed by atoms with van der Waals surface area (Å²) in [5, 5.41) is 19.2. The molecule has 3 aromatic heterocycles. The first-order valence-corrected chi connectivity index (χ1v) is 12.0. The first kappa shape index (κ1) is 21.3. The summed E-state index contributed by atoms with van der Waals surface area (Å²) in [4.78, 5) is 4.90. The summed E-state index contributed by atoms with van der Waals surface area (Å²) in [5.74, 6) is 2.83. The standard InChI is InChI=1S/C25H24N6OS/c1-4-31-23(28-30-25(31)33-15-22-27-29-24(32-22)16(2)3)19-14-21(17-10-6-5-7-11-17)26-20-13-9-8-12-18(19)20/h5-14,16H,4,15H2,1-3H3. The fourth-order valence-electron chi connectivity index (χ4n) is 3.68. The van der Waals surface area contributed by atoms with E-state index in [1.165, 1.54) is 0 Å². The van der Waals surface area contributed by atoms with Crippen molar-refractivity contribution in [3.05, 3.63) is 72.4 Å². The van der Waals surface area contributed by atoms with Gasteiger partial charge in [0, 0.05) is 29.0 Å². The highest BCUT2D eigenvalue weighted by molar-refractivity contribution is 7.98. The molecule has 8 heteroatoms. The van der Waals surface area contributed by atoms with Crippen LogP contribution >= 0.6 is 11.8 Å². The van der Waals surface area contributed by atoms with E-state index >= 15 is 0 Å². The number of thioether (sulfide) groups is 1. The minimum atomic E-state index is 0.209. The van der Waals surface area contributed by atoms with Crippen LogP contribution in [0.5, 0.6) is 0 Å². The molecule has 0 bridgehead atoms. The zero-order valence-electron chi connectivity index (χ0n) is 18.8. The highest BCUT2D eigenvalue weighted by atomic mass is 32.2. The molecule has 5 rings (SSSR count). The number of fused-ring (bicyclic) bond motifs is 1. The van der Waals surface area contributed by atoms with Crippen molar-refractivity contribution in [1.82, 2.24) is 29.9 Å². The molecule has 2 aromatic carbocycles. The molecule has 0 fully saturated rings. The van der Waals surface area contributed by atoms with E-state index in [1.807, 2.05) is 50.2 Å². The van der Waals surface area contributed by atoms with E-state index in [0.29, 0.717) is 17.5 Å². The molecule has 0 radical (unpaired) electrons. The maximum Gasteiger partial charge on any atom is 0.226 e. The molecule has 33 heavy (non-hydrogen) atoms. The lowest BCUT2D eigenvalue weighted by Gasteiger charge is -2.11. The van der Waals surface area contributed by atoms with Gasteiger partial charge in [-0.15, -0.1) is 20.4 Å². The van der Waals surface area contributed by atoms with Crippen molar-refractivity contribution in [1.29, 1.82) is 0 Å². The molecular formula is C25H24N6OS. The number of aromatic nitrogens is 6. The number of hydrogen-bond acceptors (Lipinski definition) is 7. The second kappa shape index (κ2) is 9.15. The Morgan fingerprint density at radius 3 is 2.48 bits per heavy atom. The van der Waals surface area contributed by atoms with E-state index in [9.17, 15) is 0 Å². The number of para-hydroxylation sites is 1. The zero-order valence-corrected chi connectivity index (χ0v) is 19.6. The third kappa shape index (κ3) is 4.26. The molecule has 0 saturated carbocycles. The van der Waals surface area contributed by atoms with Gasteiger partial charge < -0.3 is 8.98 Å². The summed E-state index contributed by atoms with van der Waals surface area (Å²) in [6.45, 7) is 6.91. The Labute approximate surface area is 196 Å². The molecular weight excluding hydrogens is 432 g/mol. The van der Waals surface area contributed by atoms with Crippen molar-refractivity contribution in [3.8, 4) is 22.6 Å². The highest BCUT2D eigenvalue weighted by Gasteiger charge is 2.19. The summed E-state index contributed by atoms with van der Waals surface area (Å²) in [5.41, 5.74) is 3.93. The molecule has 7 nitrogen and oxygen atoms in total. The Morgan fingerprint density at radius 2 is 1.73 bits per heavy atom. The summed E-state index contributed by atoms with van der Waals surface area (Å²) in [6.07, 6.45) is 0. The molecule has 5 aromatic rings. The van der Waals surface area contributed by atoms with E-state index in [-0.39, 0.29) is 5.92 Å². The minimum absolute atomic E-state index is 0.209. The lowest BCUT2D eigenvalue weighted by atomic mass is 10.0. The van der Waals surface area contributed by atoms with E-state index in [0.717, 1.165) is 45.2 Å². The van der Waals surface area contributed by atoms with Gasteiger partial charge in [0.15, 0.2) is 11.0 Å². The van der Waals surface area contributed by atoms with Crippen molar-refractivity contribution >= 4 is 22.7 Å². The quantitative estimate of drug-likeness (QED) is 0.279. The molecule has 3 heterocycles. The van der Waals surface area contributed by atoms with Crippen LogP contribution in [0.15, 0.2) is 70.2 Å². The van der Waals surface area contributed by atoms with Crippen LogP contribution in [0.25, 0.3) is 33.5 Å². The van der Waals surface area contributed by atoms with Gasteiger partial charge in [0.2, 0.25) is 11.8 Å². The second-order valence-electron chi connectivity index (χ2n) is 7.97. The Hall–Kier alpha value is -3.52. The summed E-state index contributed by atoms with van der Waals surface area (Å²) < 4.78 is 7.87. The second-order valence-corrected chi connectivity index (χ2v) is 8.91. The van der Waals surface area contributed by atoms with E-state index < -0.39 is 0 Å². The molecule has 0 aliphatic rings. The number of hydrogen-bond donors (Lipinski definition) is 0. The third-order valence-electron chi connectivity index (χ3n) is 5.36. The third-order valence-corrected chi connectivity index (χ3v) is 6.31. The van der Waals surface area contributed by atoms with Gasteiger partial charge in [-0.25, -0.2) is 4.98 Å². The van der Waals surface area contributed by atoms with E-state index in [1.54, 1.807) is 11.8 Å². The zero-order chi connectivity index (χ0) is 22.8. The minimum Gasteiger partial charge on any atom is -0.424 e. The predicted molar refractivity (Wildman–Crippen MR) is 130 cm³/mol. The van der Waals surface area contributed by atoms with Crippen molar-refractivity contribution in [3.63, 3.8) is 0 Å². The lowest BCUT2D eigenvalue weighted by Crippen LogP contribution is -2.01. The smallest absolute Gasteiger partial charge is 0.226 e. The van der Waals surface area contributed by atoms with Gasteiger partial charge in [-0.3, -0.25) is 0 Å². The van der Waals surface area contributed by atoms with Gasteiger partial charge in [0.05, 0.1) is 17.0 Å². The molecule has 0 saturated heterocycles. The van der Waals surface area contributed by atoms with Crippen molar-refractivity contribution in [2.45, 2.75) is 44.1 Å². The largest absolute Gasteiger partial charge is 0.424 e. The first-order chi connectivity index (χ1) is 16.1. The summed E-state index contributed by atoms with van der Waals surface area (Å²) in [7, 11) is 0. The SMILES string of the molecule is CCn1c(SCc2nnc(C(C)C)o2)nnc1-c1cc(-c2ccccc2)nc2ccccc12. The molecule has 0 amide bonds. The topological polar surface area (TPSA) is 82.5 Å². The fraction of sp³-hybridized carbons (Fsp3) is 0.240. The highest BCUT2D eigenvalue weighted by Crippen LogP contribution is 2.33. The summed E-state index contributed by atoms with van der Waals surface area (Å²) in [6, 6.07) is 20.5. The van der Waals surface area contributed by atoms with Gasteiger partial charge in [-0.05, 0) is 19.1 Å². The number of rotatable bonds is 7. The van der Waals surface area contributed by atoms with Crippen LogP contribution in [-0.2, 0) is 12.3 Å². The molecule has 0 unspecified atom stereocenters. The lowest BCUT2D eigenvalue weighted by molar-refractivity contribution is 0.445. The van der Waals surface area contributed by atoms with Gasteiger partial charge >= 0.3 is 0 Å². The Bertz CT molecular complexity index is 1390. The van der Waals surface area contributed by atoms with Crippen LogP contribution in [0, 0.1) is 0 Å². The van der Waals surface area contributed by atoms with Crippen LogP contribution in [0.4, 0.5) is 0 Å². The monoisotopic (exact) mass is 456 g/mol. The predicted octanol–water partition coefficient (Wildman–Crippen LogP) is 5.98. The molecule has 166 valence electrons. The molecule has 0 N–H and O–H groups in total. The van der Waals surface area contributed by atoms with Crippen molar-refractivity contribution in [2.75, 3.05) is 0 Å². The van der Waals surface area contributed by atoms with E-state index in [4.69, 9.17) is 9.40 Å². The fourth-order valence-corrected chi connectivity index (χ4v) is 4.52. The van der Waals surface area contributed by atoms with Crippen LogP contribution in [0.2, 0.25) is 0 Å². The Balaban J connectivity index is 1.54. The normalized spacial score (nSPS) is 11.5. The maximum absolute atomic E-state index is 5.75. The van der Waals surface area contributed by atoms with E-state index in [2.05, 4.69) is 56.2 Å². The van der Waals surface area contributed by atoms with Gasteiger partial charge in [-0.1, -0.05) is 74.1 Å². The molecule has 0 aliphatic carbocycles. The Kier molecular flexibility index (Phi) is 5.92. The maximum atomic E-state index is 5.75. The van der Waals surface area contributed by atoms with Crippen LogP contribution in [0.1, 0.15) is 38.5 Å². The number of pyridine rings is 1. The molecule has 0 atom stereocenters. The van der Waals surface area contributed by atoms with Crippen LogP contribution in [0.3, 0.4) is 0 Å². The average Bonchev–Trinajstić information content (AvgIpc) is 3.49. The van der Waals surface area contributed by atoms with Gasteiger partial charge in [0.1, 0.15) is 0 Å². The Morgan fingerprint density at radius 1 is 0.939 bits per heavy atom.